The molecule has 1 aliphatic heterocycles. The fourth-order valence-corrected chi connectivity index (χ4v) is 3.38. The number of nitrogens with zero attached hydrogens (tertiary/aromatic N) is 1. The molecule has 1 heterocycles. The third kappa shape index (κ3) is 1.59. The lowest BCUT2D eigenvalue weighted by Crippen LogP contribution is -2.40. The van der Waals surface area contributed by atoms with Crippen molar-refractivity contribution in [2.24, 2.45) is 0 Å². The zero-order chi connectivity index (χ0) is 11.9. The predicted octanol–water partition coefficient (Wildman–Crippen LogP) is 2.57. The molecule has 1 spiro atoms. The maximum atomic E-state index is 11.0. The van der Waals surface area contributed by atoms with Crippen LogP contribution in [0.4, 0.5) is 5.69 Å². The molecule has 0 saturated heterocycles. The fraction of sp³-hybridized carbons (Fsp3) is 0.538. The molecule has 1 aromatic carbocycles. The van der Waals surface area contributed by atoms with Crippen molar-refractivity contribution in [3.8, 4) is 0 Å². The van der Waals surface area contributed by atoms with Crippen LogP contribution in [0.1, 0.15) is 31.2 Å². The van der Waals surface area contributed by atoms with Crippen LogP contribution < -0.4 is 5.32 Å². The Labute approximate surface area is 100 Å². The zero-order valence-corrected chi connectivity index (χ0v) is 9.69. The number of nitrogens with one attached hydrogen (secondary N) is 1. The van der Waals surface area contributed by atoms with Crippen LogP contribution in [0.2, 0.25) is 0 Å². The summed E-state index contributed by atoms with van der Waals surface area (Å²) in [6.07, 6.45) is 3.45. The molecule has 4 nitrogen and oxygen atoms in total. The maximum Gasteiger partial charge on any atom is 0.214 e. The minimum absolute atomic E-state index is 0.00653. The topological polar surface area (TPSA) is 55.2 Å². The molecule has 1 N–H and O–H groups in total. The van der Waals surface area contributed by atoms with Gasteiger partial charge in [0.2, 0.25) is 6.04 Å². The SMILES string of the molecule is O=[N+]([O-])C1CCCC2(CNc3ccccc32)C1. The van der Waals surface area contributed by atoms with E-state index in [2.05, 4.69) is 17.4 Å². The van der Waals surface area contributed by atoms with Gasteiger partial charge in [-0.2, -0.15) is 0 Å². The van der Waals surface area contributed by atoms with Crippen molar-refractivity contribution in [1.29, 1.82) is 0 Å². The van der Waals surface area contributed by atoms with Crippen LogP contribution in [-0.4, -0.2) is 17.5 Å². The fourth-order valence-electron chi connectivity index (χ4n) is 3.38. The molecule has 1 saturated carbocycles. The Bertz CT molecular complexity index is 456. The van der Waals surface area contributed by atoms with Crippen LogP contribution in [0.25, 0.3) is 0 Å². The molecule has 2 atom stereocenters. The first-order valence-corrected chi connectivity index (χ1v) is 6.18. The van der Waals surface area contributed by atoms with Crippen LogP contribution in [0.5, 0.6) is 0 Å². The lowest BCUT2D eigenvalue weighted by atomic mass is 9.69. The van der Waals surface area contributed by atoms with E-state index in [0.29, 0.717) is 6.42 Å². The maximum absolute atomic E-state index is 11.0. The molecular weight excluding hydrogens is 216 g/mol. The van der Waals surface area contributed by atoms with Crippen molar-refractivity contribution in [2.75, 3.05) is 11.9 Å². The van der Waals surface area contributed by atoms with E-state index in [9.17, 15) is 10.1 Å². The van der Waals surface area contributed by atoms with Crippen molar-refractivity contribution in [3.05, 3.63) is 39.9 Å². The van der Waals surface area contributed by atoms with Gasteiger partial charge >= 0.3 is 0 Å². The summed E-state index contributed by atoms with van der Waals surface area (Å²) in [6, 6.07) is 7.87. The molecule has 0 radical (unpaired) electrons. The third-order valence-corrected chi connectivity index (χ3v) is 4.23. The quantitative estimate of drug-likeness (QED) is 0.598. The summed E-state index contributed by atoms with van der Waals surface area (Å²) in [5.74, 6) is 0. The molecule has 3 rings (SSSR count). The normalized spacial score (nSPS) is 30.9. The summed E-state index contributed by atoms with van der Waals surface area (Å²) in [7, 11) is 0. The van der Waals surface area contributed by atoms with Gasteiger partial charge in [0.05, 0.1) is 0 Å². The first-order valence-electron chi connectivity index (χ1n) is 6.18. The Morgan fingerprint density at radius 3 is 3.06 bits per heavy atom. The second-order valence-corrected chi connectivity index (χ2v) is 5.21. The molecule has 2 unspecified atom stereocenters. The van der Waals surface area contributed by atoms with E-state index in [4.69, 9.17) is 0 Å². The minimum Gasteiger partial charge on any atom is -0.384 e. The molecular formula is C13H16N2O2. The Morgan fingerprint density at radius 1 is 1.41 bits per heavy atom. The van der Waals surface area contributed by atoms with E-state index < -0.39 is 0 Å². The molecule has 90 valence electrons. The van der Waals surface area contributed by atoms with Crippen molar-refractivity contribution in [3.63, 3.8) is 0 Å². The number of benzene rings is 1. The highest BCUT2D eigenvalue weighted by Crippen LogP contribution is 2.46. The molecule has 0 aromatic heterocycles. The van der Waals surface area contributed by atoms with E-state index in [0.717, 1.165) is 31.5 Å². The highest BCUT2D eigenvalue weighted by Gasteiger charge is 2.45. The molecule has 1 aromatic rings. The molecule has 0 amide bonds. The third-order valence-electron chi connectivity index (χ3n) is 4.23. The second kappa shape index (κ2) is 3.72. The van der Waals surface area contributed by atoms with Gasteiger partial charge in [0.1, 0.15) is 0 Å². The van der Waals surface area contributed by atoms with Crippen LogP contribution in [0.15, 0.2) is 24.3 Å². The van der Waals surface area contributed by atoms with Gasteiger partial charge in [-0.05, 0) is 24.5 Å². The number of nitro groups is 1. The van der Waals surface area contributed by atoms with Crippen molar-refractivity contribution >= 4 is 5.69 Å². The predicted molar refractivity (Wildman–Crippen MR) is 65.9 cm³/mol. The van der Waals surface area contributed by atoms with Crippen LogP contribution in [-0.2, 0) is 5.41 Å². The summed E-state index contributed by atoms with van der Waals surface area (Å²) < 4.78 is 0. The van der Waals surface area contributed by atoms with Crippen molar-refractivity contribution in [2.45, 2.75) is 37.1 Å². The lowest BCUT2D eigenvalue weighted by molar-refractivity contribution is -0.528. The Hall–Kier alpha value is -1.58. The molecule has 1 aliphatic carbocycles. The summed E-state index contributed by atoms with van der Waals surface area (Å²) in [5, 5.41) is 14.4. The van der Waals surface area contributed by atoms with Gasteiger partial charge in [0, 0.05) is 35.4 Å². The average molecular weight is 232 g/mol. The smallest absolute Gasteiger partial charge is 0.214 e. The lowest BCUT2D eigenvalue weighted by Gasteiger charge is -2.34. The summed E-state index contributed by atoms with van der Waals surface area (Å²) in [6.45, 7) is 0.858. The van der Waals surface area contributed by atoms with Gasteiger partial charge in [-0.15, -0.1) is 0 Å². The first-order chi connectivity index (χ1) is 8.21. The van der Waals surface area contributed by atoms with Gasteiger partial charge < -0.3 is 5.32 Å². The first kappa shape index (κ1) is 10.6. The van der Waals surface area contributed by atoms with E-state index in [1.165, 1.54) is 5.56 Å². The second-order valence-electron chi connectivity index (χ2n) is 5.21. The number of para-hydroxylation sites is 1. The Kier molecular flexibility index (Phi) is 2.31. The van der Waals surface area contributed by atoms with E-state index in [1.54, 1.807) is 0 Å². The zero-order valence-electron chi connectivity index (χ0n) is 9.69. The van der Waals surface area contributed by atoms with Crippen LogP contribution in [0.3, 0.4) is 0 Å². The van der Waals surface area contributed by atoms with Crippen LogP contribution >= 0.6 is 0 Å². The van der Waals surface area contributed by atoms with Crippen LogP contribution in [0, 0.1) is 10.1 Å². The monoisotopic (exact) mass is 232 g/mol. The van der Waals surface area contributed by atoms with Crippen molar-refractivity contribution < 1.29 is 4.92 Å². The molecule has 4 heteroatoms. The largest absolute Gasteiger partial charge is 0.384 e. The average Bonchev–Trinajstić information content (AvgIpc) is 2.69. The number of hydrogen-bond donors (Lipinski definition) is 1. The van der Waals surface area contributed by atoms with Gasteiger partial charge in [-0.3, -0.25) is 10.1 Å². The standard InChI is InChI=1S/C13H16N2O2/c16-15(17)10-4-3-7-13(8-10)9-14-12-6-2-1-5-11(12)13/h1-2,5-6,10,14H,3-4,7-9H2. The van der Waals surface area contributed by atoms with Gasteiger partial charge in [0.25, 0.3) is 0 Å². The Morgan fingerprint density at radius 2 is 2.24 bits per heavy atom. The van der Waals surface area contributed by atoms with E-state index in [1.807, 2.05) is 12.1 Å². The number of hydrogen-bond acceptors (Lipinski definition) is 3. The van der Waals surface area contributed by atoms with E-state index >= 15 is 0 Å². The highest BCUT2D eigenvalue weighted by molar-refractivity contribution is 5.60. The van der Waals surface area contributed by atoms with E-state index in [-0.39, 0.29) is 16.4 Å². The molecule has 0 bridgehead atoms. The number of anilines is 1. The van der Waals surface area contributed by atoms with Gasteiger partial charge in [-0.25, -0.2) is 0 Å². The molecule has 17 heavy (non-hydrogen) atoms. The molecule has 2 aliphatic rings. The summed E-state index contributed by atoms with van der Waals surface area (Å²) in [5.41, 5.74) is 2.45. The highest BCUT2D eigenvalue weighted by atomic mass is 16.6. The minimum atomic E-state index is -0.364. The van der Waals surface area contributed by atoms with Gasteiger partial charge in [-0.1, -0.05) is 18.2 Å². The summed E-state index contributed by atoms with van der Waals surface area (Å²) >= 11 is 0. The molecule has 1 fully saturated rings. The number of fused-ring (bicyclic) bond motifs is 2. The Balaban J connectivity index is 1.95. The van der Waals surface area contributed by atoms with Gasteiger partial charge in [0.15, 0.2) is 0 Å². The summed E-state index contributed by atoms with van der Waals surface area (Å²) in [4.78, 5) is 10.9. The van der Waals surface area contributed by atoms with Crippen molar-refractivity contribution in [1.82, 2.24) is 0 Å². The number of rotatable bonds is 1.